The van der Waals surface area contributed by atoms with E-state index in [-0.39, 0.29) is 7.43 Å². The zero-order chi connectivity index (χ0) is 11.8. The van der Waals surface area contributed by atoms with Crippen LogP contribution in [0.4, 0.5) is 5.69 Å². The van der Waals surface area contributed by atoms with E-state index in [2.05, 4.69) is 5.32 Å². The Morgan fingerprint density at radius 1 is 1.18 bits per heavy atom. The molecule has 1 aromatic rings. The average molecular weight is 239 g/mol. The molecule has 1 N–H and O–H groups in total. The maximum Gasteiger partial charge on any atom is 0.211 e. The molecule has 1 heterocycles. The molecule has 17 heavy (non-hydrogen) atoms. The van der Waals surface area contributed by atoms with E-state index in [1.807, 2.05) is 13.8 Å². The van der Waals surface area contributed by atoms with Gasteiger partial charge in [-0.15, -0.1) is 0 Å². The minimum absolute atomic E-state index is 0. The summed E-state index contributed by atoms with van der Waals surface area (Å²) in [6.07, 6.45) is 1.52. The van der Waals surface area contributed by atoms with Gasteiger partial charge in [0.15, 0.2) is 11.5 Å². The molecule has 0 saturated carbocycles. The van der Waals surface area contributed by atoms with E-state index in [1.54, 1.807) is 18.2 Å². The van der Waals surface area contributed by atoms with Crippen molar-refractivity contribution in [3.63, 3.8) is 0 Å². The Hall–Kier alpha value is -1.71. The van der Waals surface area contributed by atoms with Gasteiger partial charge in [-0.05, 0) is 12.1 Å². The van der Waals surface area contributed by atoms with Crippen LogP contribution in [0.5, 0.6) is 11.5 Å². The average Bonchev–Trinajstić information content (AvgIpc) is 2.57. The maximum atomic E-state index is 10.2. The lowest BCUT2D eigenvalue weighted by atomic mass is 10.3. The molecule has 1 aliphatic heterocycles. The standard InChI is InChI=1S/C10H11NO3.C2H6.CH4/c12-7-11-8-2-3-9-10(6-8)14-5-1-4-13-9;1-2;/h2-3,6-7H,1,4-5H2,(H,11,12);1-2H3;1H4. The lowest BCUT2D eigenvalue weighted by Gasteiger charge is -2.08. The number of hydrogen-bond donors (Lipinski definition) is 1. The molecule has 1 amide bonds. The topological polar surface area (TPSA) is 47.6 Å². The molecule has 4 nitrogen and oxygen atoms in total. The molecule has 0 fully saturated rings. The number of fused-ring (bicyclic) bond motifs is 1. The van der Waals surface area contributed by atoms with Gasteiger partial charge in [0, 0.05) is 18.2 Å². The molecule has 0 spiro atoms. The third-order valence-electron chi connectivity index (χ3n) is 1.97. The highest BCUT2D eigenvalue weighted by atomic mass is 16.5. The summed E-state index contributed by atoms with van der Waals surface area (Å²) in [5, 5.41) is 2.56. The van der Waals surface area contributed by atoms with Crippen LogP contribution in [0.2, 0.25) is 0 Å². The quantitative estimate of drug-likeness (QED) is 0.807. The van der Waals surface area contributed by atoms with Gasteiger partial charge in [-0.1, -0.05) is 21.3 Å². The Kier molecular flexibility index (Phi) is 7.59. The van der Waals surface area contributed by atoms with Crippen molar-refractivity contribution in [3.05, 3.63) is 18.2 Å². The van der Waals surface area contributed by atoms with Crippen molar-refractivity contribution >= 4 is 12.1 Å². The van der Waals surface area contributed by atoms with Gasteiger partial charge in [0.25, 0.3) is 0 Å². The largest absolute Gasteiger partial charge is 0.490 e. The first-order valence-corrected chi connectivity index (χ1v) is 5.50. The second-order valence-electron chi connectivity index (χ2n) is 2.97. The number of nitrogens with one attached hydrogen (secondary N) is 1. The molecule has 0 saturated heterocycles. The number of benzene rings is 1. The summed E-state index contributed by atoms with van der Waals surface area (Å²) in [5.41, 5.74) is 0.712. The highest BCUT2D eigenvalue weighted by Crippen LogP contribution is 2.31. The van der Waals surface area contributed by atoms with Crippen LogP contribution in [0.3, 0.4) is 0 Å². The Morgan fingerprint density at radius 3 is 2.47 bits per heavy atom. The molecule has 0 atom stereocenters. The summed E-state index contributed by atoms with van der Waals surface area (Å²) in [5.74, 6) is 1.42. The van der Waals surface area contributed by atoms with E-state index in [0.29, 0.717) is 31.1 Å². The van der Waals surface area contributed by atoms with Crippen molar-refractivity contribution in [2.45, 2.75) is 27.7 Å². The summed E-state index contributed by atoms with van der Waals surface area (Å²) in [7, 11) is 0. The lowest BCUT2D eigenvalue weighted by molar-refractivity contribution is -0.105. The Morgan fingerprint density at radius 2 is 1.82 bits per heavy atom. The fourth-order valence-electron chi connectivity index (χ4n) is 1.32. The van der Waals surface area contributed by atoms with Gasteiger partial charge in [0.1, 0.15) is 0 Å². The first-order valence-electron chi connectivity index (χ1n) is 5.50. The second kappa shape index (κ2) is 8.44. The summed E-state index contributed by atoms with van der Waals surface area (Å²) < 4.78 is 10.9. The monoisotopic (exact) mass is 239 g/mol. The Bertz CT molecular complexity index is 339. The molecule has 96 valence electrons. The number of anilines is 1. The zero-order valence-corrected chi connectivity index (χ0v) is 9.66. The van der Waals surface area contributed by atoms with Crippen molar-refractivity contribution in [1.82, 2.24) is 0 Å². The number of carbonyl (C=O) groups is 1. The highest BCUT2D eigenvalue weighted by molar-refractivity contribution is 5.72. The Balaban J connectivity index is 0.000000811. The highest BCUT2D eigenvalue weighted by Gasteiger charge is 2.09. The molecule has 0 radical (unpaired) electrons. The van der Waals surface area contributed by atoms with Crippen LogP contribution in [0, 0.1) is 0 Å². The van der Waals surface area contributed by atoms with Gasteiger partial charge in [-0.3, -0.25) is 4.79 Å². The second-order valence-corrected chi connectivity index (χ2v) is 2.97. The van der Waals surface area contributed by atoms with Crippen molar-refractivity contribution in [2.24, 2.45) is 0 Å². The van der Waals surface area contributed by atoms with Crippen LogP contribution in [0.15, 0.2) is 18.2 Å². The fourth-order valence-corrected chi connectivity index (χ4v) is 1.32. The molecule has 4 heteroatoms. The van der Waals surface area contributed by atoms with E-state index in [0.717, 1.165) is 12.2 Å². The molecule has 0 bridgehead atoms. The first kappa shape index (κ1) is 15.3. The number of ether oxygens (including phenoxy) is 2. The minimum atomic E-state index is 0. The summed E-state index contributed by atoms with van der Waals surface area (Å²) in [4.78, 5) is 10.2. The third-order valence-corrected chi connectivity index (χ3v) is 1.97. The number of amides is 1. The van der Waals surface area contributed by atoms with Crippen molar-refractivity contribution in [1.29, 1.82) is 0 Å². The number of rotatable bonds is 2. The summed E-state index contributed by atoms with van der Waals surface area (Å²) in [6.45, 7) is 5.32. The molecule has 0 unspecified atom stereocenters. The summed E-state index contributed by atoms with van der Waals surface area (Å²) in [6, 6.07) is 5.34. The van der Waals surface area contributed by atoms with E-state index >= 15 is 0 Å². The van der Waals surface area contributed by atoms with Crippen LogP contribution in [-0.2, 0) is 4.79 Å². The van der Waals surface area contributed by atoms with Crippen LogP contribution >= 0.6 is 0 Å². The van der Waals surface area contributed by atoms with Gasteiger partial charge in [0.05, 0.1) is 13.2 Å². The SMILES string of the molecule is C.CC.O=CNc1ccc2c(c1)OCCCO2. The van der Waals surface area contributed by atoms with Crippen LogP contribution in [0.25, 0.3) is 0 Å². The smallest absolute Gasteiger partial charge is 0.211 e. The number of carbonyl (C=O) groups excluding carboxylic acids is 1. The molecule has 0 aliphatic carbocycles. The van der Waals surface area contributed by atoms with Crippen LogP contribution in [-0.4, -0.2) is 19.6 Å². The fraction of sp³-hybridized carbons (Fsp3) is 0.462. The van der Waals surface area contributed by atoms with Crippen LogP contribution in [0.1, 0.15) is 27.7 Å². The van der Waals surface area contributed by atoms with E-state index < -0.39 is 0 Å². The van der Waals surface area contributed by atoms with E-state index in [1.165, 1.54) is 0 Å². The van der Waals surface area contributed by atoms with E-state index in [9.17, 15) is 4.79 Å². The number of hydrogen-bond acceptors (Lipinski definition) is 3. The van der Waals surface area contributed by atoms with Gasteiger partial charge < -0.3 is 14.8 Å². The molecule has 0 aromatic heterocycles. The van der Waals surface area contributed by atoms with Crippen molar-refractivity contribution in [2.75, 3.05) is 18.5 Å². The molecule has 1 aromatic carbocycles. The Labute approximate surface area is 103 Å². The van der Waals surface area contributed by atoms with E-state index in [4.69, 9.17) is 9.47 Å². The summed E-state index contributed by atoms with van der Waals surface area (Å²) >= 11 is 0. The first-order chi connectivity index (χ1) is 7.90. The molecular formula is C13H21NO3. The van der Waals surface area contributed by atoms with Crippen molar-refractivity contribution in [3.8, 4) is 11.5 Å². The van der Waals surface area contributed by atoms with Crippen molar-refractivity contribution < 1.29 is 14.3 Å². The normalized spacial score (nSPS) is 12.1. The van der Waals surface area contributed by atoms with Gasteiger partial charge in [0.2, 0.25) is 6.41 Å². The predicted molar refractivity (Wildman–Crippen MR) is 69.8 cm³/mol. The third kappa shape index (κ3) is 4.34. The van der Waals surface area contributed by atoms with Gasteiger partial charge >= 0.3 is 0 Å². The lowest BCUT2D eigenvalue weighted by Crippen LogP contribution is -1.97. The van der Waals surface area contributed by atoms with Gasteiger partial charge in [-0.25, -0.2) is 0 Å². The minimum Gasteiger partial charge on any atom is -0.490 e. The van der Waals surface area contributed by atoms with Gasteiger partial charge in [-0.2, -0.15) is 0 Å². The zero-order valence-electron chi connectivity index (χ0n) is 9.66. The predicted octanol–water partition coefficient (Wildman–Crippen LogP) is 3.08. The van der Waals surface area contributed by atoms with Crippen LogP contribution < -0.4 is 14.8 Å². The maximum absolute atomic E-state index is 10.2. The molecular weight excluding hydrogens is 218 g/mol. The molecule has 1 aliphatic rings. The molecule has 2 rings (SSSR count).